The predicted octanol–water partition coefficient (Wildman–Crippen LogP) is 4.69. The van der Waals surface area contributed by atoms with Crippen molar-refractivity contribution in [3.05, 3.63) is 60.0 Å². The number of benzene rings is 1. The number of rotatable bonds is 3. The molecule has 0 atom stereocenters. The number of hydrogen-bond acceptors (Lipinski definition) is 3. The molecular formula is C19H21BFNO2. The Hall–Kier alpha value is -1.98. The third-order valence-electron chi connectivity index (χ3n) is 4.66. The molecule has 0 aliphatic carbocycles. The van der Waals surface area contributed by atoms with Crippen LogP contribution in [0.1, 0.15) is 33.3 Å². The Bertz CT molecular complexity index is 743. The Kier molecular flexibility index (Phi) is 4.32. The zero-order chi connectivity index (χ0) is 17.4. The third kappa shape index (κ3) is 3.14. The summed E-state index contributed by atoms with van der Waals surface area (Å²) in [5.41, 5.74) is 0.755. The normalized spacial score (nSPS) is 19.5. The molecule has 2 heterocycles. The third-order valence-corrected chi connectivity index (χ3v) is 4.66. The maximum absolute atomic E-state index is 14.8. The van der Waals surface area contributed by atoms with E-state index in [-0.39, 0.29) is 0 Å². The van der Waals surface area contributed by atoms with Gasteiger partial charge in [0.2, 0.25) is 0 Å². The van der Waals surface area contributed by atoms with E-state index in [1.165, 1.54) is 6.08 Å². The first-order valence-corrected chi connectivity index (χ1v) is 8.03. The Labute approximate surface area is 142 Å². The molecule has 1 aliphatic heterocycles. The molecular weight excluding hydrogens is 304 g/mol. The van der Waals surface area contributed by atoms with E-state index in [1.807, 2.05) is 64.1 Å². The number of pyridine rings is 1. The maximum Gasteiger partial charge on any atom is 0.525 e. The molecule has 5 heteroatoms. The number of halogens is 1. The second-order valence-corrected chi connectivity index (χ2v) is 6.92. The van der Waals surface area contributed by atoms with Crippen molar-refractivity contribution in [2.75, 3.05) is 0 Å². The van der Waals surface area contributed by atoms with Crippen LogP contribution in [0.25, 0.3) is 17.3 Å². The summed E-state index contributed by atoms with van der Waals surface area (Å²) in [6.07, 6.45) is 3.14. The van der Waals surface area contributed by atoms with E-state index in [0.717, 1.165) is 11.3 Å². The van der Waals surface area contributed by atoms with Gasteiger partial charge in [0.15, 0.2) is 0 Å². The molecule has 0 saturated carbocycles. The van der Waals surface area contributed by atoms with Gasteiger partial charge in [-0.25, -0.2) is 4.39 Å². The van der Waals surface area contributed by atoms with Crippen LogP contribution in [0.3, 0.4) is 0 Å². The van der Waals surface area contributed by atoms with Gasteiger partial charge in [-0.2, -0.15) is 0 Å². The average molecular weight is 325 g/mol. The van der Waals surface area contributed by atoms with Crippen molar-refractivity contribution in [1.29, 1.82) is 0 Å². The van der Waals surface area contributed by atoms with Crippen LogP contribution < -0.4 is 0 Å². The van der Waals surface area contributed by atoms with Gasteiger partial charge < -0.3 is 9.31 Å². The smallest absolute Gasteiger partial charge is 0.398 e. The van der Waals surface area contributed by atoms with Crippen molar-refractivity contribution in [2.45, 2.75) is 38.9 Å². The summed E-state index contributed by atoms with van der Waals surface area (Å²) in [7, 11) is -1.00. The minimum absolute atomic E-state index is 0.459. The minimum atomic E-state index is -1.00. The van der Waals surface area contributed by atoms with Gasteiger partial charge in [-0.05, 0) is 39.8 Å². The maximum atomic E-state index is 14.8. The van der Waals surface area contributed by atoms with Gasteiger partial charge in [-0.15, -0.1) is 0 Å². The lowest BCUT2D eigenvalue weighted by atomic mass is 9.86. The predicted molar refractivity (Wildman–Crippen MR) is 94.8 cm³/mol. The molecule has 24 heavy (non-hydrogen) atoms. The topological polar surface area (TPSA) is 31.4 Å². The minimum Gasteiger partial charge on any atom is -0.398 e. The number of nitrogens with zero attached hydrogens (tertiary/aromatic N) is 1. The molecule has 1 aromatic carbocycles. The molecule has 0 amide bonds. The summed E-state index contributed by atoms with van der Waals surface area (Å²) in [4.78, 5) is 4.39. The summed E-state index contributed by atoms with van der Waals surface area (Å²) in [6.45, 7) is 7.61. The van der Waals surface area contributed by atoms with Gasteiger partial charge in [0, 0.05) is 17.3 Å². The number of hydrogen-bond donors (Lipinski definition) is 0. The molecule has 0 N–H and O–H groups in total. The monoisotopic (exact) mass is 325 g/mol. The standard InChI is InChI=1S/C19H21BFNO2/c1-18(2)19(3,4)24-20(23-18)16(21)13-15-11-8-12-22-17(15)14-9-6-5-7-10-14/h5-13H,1-4H3. The van der Waals surface area contributed by atoms with E-state index in [0.29, 0.717) is 5.56 Å². The Morgan fingerprint density at radius 2 is 1.62 bits per heavy atom. The molecule has 1 fully saturated rings. The summed E-state index contributed by atoms with van der Waals surface area (Å²) in [5, 5.41) is 0. The molecule has 1 aliphatic rings. The van der Waals surface area contributed by atoms with Gasteiger partial charge in [-0.1, -0.05) is 36.4 Å². The summed E-state index contributed by atoms with van der Waals surface area (Å²) < 4.78 is 26.3. The number of aromatic nitrogens is 1. The average Bonchev–Trinajstić information content (AvgIpc) is 2.77. The summed E-state index contributed by atoms with van der Waals surface area (Å²) >= 11 is 0. The van der Waals surface area contributed by atoms with E-state index < -0.39 is 24.0 Å². The van der Waals surface area contributed by atoms with Crippen molar-refractivity contribution < 1.29 is 13.7 Å². The zero-order valence-electron chi connectivity index (χ0n) is 14.4. The molecule has 0 unspecified atom stereocenters. The fourth-order valence-electron chi connectivity index (χ4n) is 2.54. The van der Waals surface area contributed by atoms with Crippen LogP contribution in [0.5, 0.6) is 0 Å². The van der Waals surface area contributed by atoms with Crippen LogP contribution in [0.15, 0.2) is 54.4 Å². The fraction of sp³-hybridized carbons (Fsp3) is 0.316. The van der Waals surface area contributed by atoms with Crippen LogP contribution in [-0.4, -0.2) is 23.3 Å². The summed E-state index contributed by atoms with van der Waals surface area (Å²) in [6, 6.07) is 13.3. The van der Waals surface area contributed by atoms with E-state index in [4.69, 9.17) is 9.31 Å². The Morgan fingerprint density at radius 3 is 2.25 bits per heavy atom. The largest absolute Gasteiger partial charge is 0.525 e. The van der Waals surface area contributed by atoms with Crippen molar-refractivity contribution >= 4 is 13.2 Å². The molecule has 1 aromatic heterocycles. The molecule has 0 radical (unpaired) electrons. The first-order valence-electron chi connectivity index (χ1n) is 8.03. The SMILES string of the molecule is CC1(C)OB(C(F)=Cc2cccnc2-c2ccccc2)OC1(C)C. The van der Waals surface area contributed by atoms with Crippen LogP contribution in [0.4, 0.5) is 4.39 Å². The van der Waals surface area contributed by atoms with Gasteiger partial charge in [-0.3, -0.25) is 4.98 Å². The van der Waals surface area contributed by atoms with Gasteiger partial charge >= 0.3 is 7.12 Å². The van der Waals surface area contributed by atoms with Crippen LogP contribution in [0, 0.1) is 0 Å². The molecule has 0 bridgehead atoms. The van der Waals surface area contributed by atoms with Crippen molar-refractivity contribution in [3.8, 4) is 11.3 Å². The first kappa shape index (κ1) is 16.9. The molecule has 3 nitrogen and oxygen atoms in total. The van der Waals surface area contributed by atoms with Gasteiger partial charge in [0.1, 0.15) is 5.73 Å². The highest BCUT2D eigenvalue weighted by Gasteiger charge is 2.53. The van der Waals surface area contributed by atoms with Crippen molar-refractivity contribution in [2.24, 2.45) is 0 Å². The van der Waals surface area contributed by atoms with E-state index in [9.17, 15) is 4.39 Å². The van der Waals surface area contributed by atoms with E-state index >= 15 is 0 Å². The lowest BCUT2D eigenvalue weighted by Crippen LogP contribution is -2.41. The molecule has 0 spiro atoms. The molecule has 2 aromatic rings. The molecule has 1 saturated heterocycles. The van der Waals surface area contributed by atoms with Gasteiger partial charge in [0.25, 0.3) is 0 Å². The van der Waals surface area contributed by atoms with Crippen LogP contribution in [0.2, 0.25) is 0 Å². The van der Waals surface area contributed by atoms with Crippen molar-refractivity contribution in [3.63, 3.8) is 0 Å². The fourth-order valence-corrected chi connectivity index (χ4v) is 2.54. The highest BCUT2D eigenvalue weighted by molar-refractivity contribution is 6.54. The molecule has 3 rings (SSSR count). The first-order chi connectivity index (χ1) is 11.3. The highest BCUT2D eigenvalue weighted by atomic mass is 19.1. The summed E-state index contributed by atoms with van der Waals surface area (Å²) in [5.74, 6) is 0. The zero-order valence-corrected chi connectivity index (χ0v) is 14.4. The lowest BCUT2D eigenvalue weighted by molar-refractivity contribution is 0.00578. The van der Waals surface area contributed by atoms with E-state index in [1.54, 1.807) is 12.3 Å². The Balaban J connectivity index is 1.93. The van der Waals surface area contributed by atoms with E-state index in [2.05, 4.69) is 4.98 Å². The van der Waals surface area contributed by atoms with Gasteiger partial charge in [0.05, 0.1) is 16.9 Å². The lowest BCUT2D eigenvalue weighted by Gasteiger charge is -2.32. The van der Waals surface area contributed by atoms with Crippen LogP contribution in [-0.2, 0) is 9.31 Å². The Morgan fingerprint density at radius 1 is 1.00 bits per heavy atom. The second-order valence-electron chi connectivity index (χ2n) is 6.92. The van der Waals surface area contributed by atoms with Crippen molar-refractivity contribution in [1.82, 2.24) is 4.98 Å². The second kappa shape index (κ2) is 6.15. The molecule has 124 valence electrons. The quantitative estimate of drug-likeness (QED) is 0.767. The van der Waals surface area contributed by atoms with Crippen LogP contribution >= 0.6 is 0 Å². The highest BCUT2D eigenvalue weighted by Crippen LogP contribution is 2.39.